The predicted octanol–water partition coefficient (Wildman–Crippen LogP) is 0.665. The predicted molar refractivity (Wildman–Crippen MR) is 67.2 cm³/mol. The summed E-state index contributed by atoms with van der Waals surface area (Å²) in [6.45, 7) is 7.04. The molecule has 0 amide bonds. The average Bonchev–Trinajstić information content (AvgIpc) is 2.29. The Kier molecular flexibility index (Phi) is 4.96. The summed E-state index contributed by atoms with van der Waals surface area (Å²) in [4.78, 5) is 10.0. The summed E-state index contributed by atoms with van der Waals surface area (Å²) in [6.07, 6.45) is 1.43. The molecule has 0 unspecified atom stereocenters. The highest BCUT2D eigenvalue weighted by atomic mass is 16.5. The van der Waals surface area contributed by atoms with Gasteiger partial charge in [0.2, 0.25) is 5.88 Å². The highest BCUT2D eigenvalue weighted by molar-refractivity contribution is 5.67. The highest BCUT2D eigenvalue weighted by Crippen LogP contribution is 2.28. The van der Waals surface area contributed by atoms with E-state index in [9.17, 15) is 0 Å². The summed E-state index contributed by atoms with van der Waals surface area (Å²) in [5.41, 5.74) is 6.38. The van der Waals surface area contributed by atoms with Gasteiger partial charge in [0.05, 0.1) is 12.7 Å². The topological polar surface area (TPSA) is 84.5 Å². The lowest BCUT2D eigenvalue weighted by Crippen LogP contribution is -2.28. The molecule has 0 radical (unpaired) electrons. The number of hydrogen-bond acceptors (Lipinski definition) is 6. The van der Waals surface area contributed by atoms with E-state index in [4.69, 9.17) is 15.6 Å². The molecular weight excluding hydrogens is 220 g/mol. The molecule has 0 aliphatic heterocycles. The maximum absolute atomic E-state index is 8.98. The third kappa shape index (κ3) is 3.45. The van der Waals surface area contributed by atoms with E-state index in [0.29, 0.717) is 30.5 Å². The molecular formula is C11H20N4O2. The van der Waals surface area contributed by atoms with E-state index >= 15 is 0 Å². The van der Waals surface area contributed by atoms with Crippen molar-refractivity contribution in [2.75, 3.05) is 30.3 Å². The molecule has 17 heavy (non-hydrogen) atoms. The van der Waals surface area contributed by atoms with Crippen LogP contribution in [0.2, 0.25) is 0 Å². The van der Waals surface area contributed by atoms with Gasteiger partial charge in [0.15, 0.2) is 5.82 Å². The van der Waals surface area contributed by atoms with Gasteiger partial charge in [0.1, 0.15) is 12.0 Å². The van der Waals surface area contributed by atoms with Crippen molar-refractivity contribution >= 4 is 11.5 Å². The molecule has 1 heterocycles. The van der Waals surface area contributed by atoms with Gasteiger partial charge in [-0.2, -0.15) is 4.98 Å². The summed E-state index contributed by atoms with van der Waals surface area (Å²) < 4.78 is 5.49. The lowest BCUT2D eigenvalue weighted by molar-refractivity contribution is 0.234. The van der Waals surface area contributed by atoms with Crippen molar-refractivity contribution in [2.24, 2.45) is 0 Å². The largest absolute Gasteiger partial charge is 0.473 e. The first kappa shape index (κ1) is 13.5. The Morgan fingerprint density at radius 2 is 2.18 bits per heavy atom. The van der Waals surface area contributed by atoms with Gasteiger partial charge in [-0.15, -0.1) is 0 Å². The number of rotatable bonds is 6. The van der Waals surface area contributed by atoms with Crippen LogP contribution in [-0.4, -0.2) is 40.9 Å². The van der Waals surface area contributed by atoms with Crippen molar-refractivity contribution in [1.82, 2.24) is 9.97 Å². The Balaban J connectivity index is 2.99. The molecule has 0 aliphatic carbocycles. The average molecular weight is 240 g/mol. The maximum atomic E-state index is 8.98. The second-order valence-electron chi connectivity index (χ2n) is 3.89. The Morgan fingerprint density at radius 1 is 1.47 bits per heavy atom. The lowest BCUT2D eigenvalue weighted by atomic mass is 10.4. The Bertz CT molecular complexity index is 357. The molecule has 0 saturated heterocycles. The van der Waals surface area contributed by atoms with Crippen LogP contribution in [0, 0.1) is 0 Å². The monoisotopic (exact) mass is 240 g/mol. The quantitative estimate of drug-likeness (QED) is 0.760. The molecule has 0 aliphatic rings. The Hall–Kier alpha value is -1.56. The first-order chi connectivity index (χ1) is 8.10. The van der Waals surface area contributed by atoms with Gasteiger partial charge in [-0.3, -0.25) is 0 Å². The van der Waals surface area contributed by atoms with Crippen LogP contribution in [0.5, 0.6) is 5.88 Å². The standard InChI is InChI=1S/C11H20N4O2/c1-4-15(5-6-16)10-9(12)11(14-7-13-10)17-8(2)3/h7-8,16H,4-6,12H2,1-3H3. The molecule has 6 heteroatoms. The summed E-state index contributed by atoms with van der Waals surface area (Å²) in [6, 6.07) is 0. The van der Waals surface area contributed by atoms with Gasteiger partial charge >= 0.3 is 0 Å². The number of anilines is 2. The zero-order chi connectivity index (χ0) is 12.8. The molecule has 1 rings (SSSR count). The number of nitrogens with two attached hydrogens (primary N) is 1. The molecule has 0 atom stereocenters. The zero-order valence-corrected chi connectivity index (χ0v) is 10.6. The molecule has 1 aromatic heterocycles. The lowest BCUT2D eigenvalue weighted by Gasteiger charge is -2.23. The van der Waals surface area contributed by atoms with E-state index in [0.717, 1.165) is 0 Å². The van der Waals surface area contributed by atoms with Crippen LogP contribution in [0.25, 0.3) is 0 Å². The zero-order valence-electron chi connectivity index (χ0n) is 10.6. The SMILES string of the molecule is CCN(CCO)c1ncnc(OC(C)C)c1N. The van der Waals surface area contributed by atoms with Crippen molar-refractivity contribution in [3.8, 4) is 5.88 Å². The smallest absolute Gasteiger partial charge is 0.242 e. The van der Waals surface area contributed by atoms with Crippen LogP contribution < -0.4 is 15.4 Å². The minimum Gasteiger partial charge on any atom is -0.473 e. The number of aliphatic hydroxyl groups excluding tert-OH is 1. The summed E-state index contributed by atoms with van der Waals surface area (Å²) in [5, 5.41) is 8.98. The third-order valence-corrected chi connectivity index (χ3v) is 2.22. The number of nitrogen functional groups attached to an aromatic ring is 1. The molecule has 1 aromatic rings. The van der Waals surface area contributed by atoms with E-state index in [-0.39, 0.29) is 12.7 Å². The van der Waals surface area contributed by atoms with Crippen molar-refractivity contribution in [3.63, 3.8) is 0 Å². The number of aromatic nitrogens is 2. The molecule has 0 fully saturated rings. The summed E-state index contributed by atoms with van der Waals surface area (Å²) in [7, 11) is 0. The molecule has 96 valence electrons. The fraction of sp³-hybridized carbons (Fsp3) is 0.636. The van der Waals surface area contributed by atoms with Gasteiger partial charge in [0.25, 0.3) is 0 Å². The molecule has 0 saturated carbocycles. The van der Waals surface area contributed by atoms with Crippen LogP contribution in [0.1, 0.15) is 20.8 Å². The van der Waals surface area contributed by atoms with E-state index in [1.54, 1.807) is 0 Å². The normalized spacial score (nSPS) is 10.6. The van der Waals surface area contributed by atoms with E-state index in [1.807, 2.05) is 25.7 Å². The first-order valence-electron chi connectivity index (χ1n) is 5.73. The van der Waals surface area contributed by atoms with Gasteiger partial charge in [-0.25, -0.2) is 4.98 Å². The van der Waals surface area contributed by atoms with Gasteiger partial charge in [-0.05, 0) is 20.8 Å². The number of ether oxygens (including phenoxy) is 1. The van der Waals surface area contributed by atoms with E-state index in [2.05, 4.69) is 9.97 Å². The summed E-state index contributed by atoms with van der Waals surface area (Å²) >= 11 is 0. The van der Waals surface area contributed by atoms with Crippen LogP contribution in [0.3, 0.4) is 0 Å². The minimum absolute atomic E-state index is 0.00738. The van der Waals surface area contributed by atoms with Crippen molar-refractivity contribution in [3.05, 3.63) is 6.33 Å². The van der Waals surface area contributed by atoms with Crippen LogP contribution in [0.4, 0.5) is 11.5 Å². The number of nitrogens with zero attached hydrogens (tertiary/aromatic N) is 3. The number of aliphatic hydroxyl groups is 1. The molecule has 0 bridgehead atoms. The van der Waals surface area contributed by atoms with Crippen LogP contribution in [0.15, 0.2) is 6.33 Å². The van der Waals surface area contributed by atoms with Crippen molar-refractivity contribution in [2.45, 2.75) is 26.9 Å². The van der Waals surface area contributed by atoms with Crippen LogP contribution in [-0.2, 0) is 0 Å². The highest BCUT2D eigenvalue weighted by Gasteiger charge is 2.15. The number of hydrogen-bond donors (Lipinski definition) is 2. The second kappa shape index (κ2) is 6.24. The first-order valence-corrected chi connectivity index (χ1v) is 5.73. The molecule has 0 aromatic carbocycles. The molecule has 0 spiro atoms. The van der Waals surface area contributed by atoms with Crippen molar-refractivity contribution < 1.29 is 9.84 Å². The van der Waals surface area contributed by atoms with E-state index in [1.165, 1.54) is 6.33 Å². The van der Waals surface area contributed by atoms with Gasteiger partial charge in [-0.1, -0.05) is 0 Å². The third-order valence-electron chi connectivity index (χ3n) is 2.22. The number of likely N-dealkylation sites (N-methyl/N-ethyl adjacent to an activating group) is 1. The Morgan fingerprint density at radius 3 is 2.71 bits per heavy atom. The Labute approximate surface area is 101 Å². The molecule has 6 nitrogen and oxygen atoms in total. The fourth-order valence-electron chi connectivity index (χ4n) is 1.47. The van der Waals surface area contributed by atoms with Gasteiger partial charge in [0, 0.05) is 13.1 Å². The minimum atomic E-state index is 0.00738. The second-order valence-corrected chi connectivity index (χ2v) is 3.89. The van der Waals surface area contributed by atoms with Gasteiger partial charge < -0.3 is 20.5 Å². The van der Waals surface area contributed by atoms with E-state index < -0.39 is 0 Å². The van der Waals surface area contributed by atoms with Crippen LogP contribution >= 0.6 is 0 Å². The summed E-state index contributed by atoms with van der Waals surface area (Å²) in [5.74, 6) is 0.994. The fourth-order valence-corrected chi connectivity index (χ4v) is 1.47. The maximum Gasteiger partial charge on any atom is 0.242 e. The molecule has 3 N–H and O–H groups in total. The van der Waals surface area contributed by atoms with Crippen molar-refractivity contribution in [1.29, 1.82) is 0 Å².